The van der Waals surface area contributed by atoms with Gasteiger partial charge in [-0.05, 0) is 24.3 Å². The van der Waals surface area contributed by atoms with Crippen LogP contribution in [0.25, 0.3) is 11.2 Å². The second-order valence-electron chi connectivity index (χ2n) is 5.99. The molecule has 0 saturated carbocycles. The first-order valence-corrected chi connectivity index (χ1v) is 8.59. The molecule has 0 aliphatic carbocycles. The predicted octanol–water partition coefficient (Wildman–Crippen LogP) is -0.983. The van der Waals surface area contributed by atoms with Crippen LogP contribution < -0.4 is 33.2 Å². The van der Waals surface area contributed by atoms with Crippen LogP contribution in [-0.2, 0) is 11.3 Å². The summed E-state index contributed by atoms with van der Waals surface area (Å²) in [6.45, 7) is 0.495. The lowest BCUT2D eigenvalue weighted by atomic mass is 10.2. The van der Waals surface area contributed by atoms with Crippen molar-refractivity contribution in [3.05, 3.63) is 52.1 Å². The molecule has 0 unspecified atom stereocenters. The topological polar surface area (TPSA) is 194 Å². The first-order chi connectivity index (χ1) is 14.0. The Morgan fingerprint density at radius 2 is 1.90 bits per heavy atom. The number of benzene rings is 1. The summed E-state index contributed by atoms with van der Waals surface area (Å²) in [5.41, 5.74) is 9.03. The number of carbonyl (C=O) groups excluding carboxylic acids is 2. The summed E-state index contributed by atoms with van der Waals surface area (Å²) in [7, 11) is 0. The first-order valence-electron chi connectivity index (χ1n) is 8.59. The predicted molar refractivity (Wildman–Crippen MR) is 105 cm³/mol. The number of nitrogens with one attached hydrogen (secondary N) is 4. The number of carbonyl (C=O) groups is 2. The number of nitrogens with zero attached hydrogens (tertiary/aromatic N) is 3. The Hall–Kier alpha value is -4.06. The van der Waals surface area contributed by atoms with E-state index in [1.54, 1.807) is 24.3 Å². The number of hydrogen-bond acceptors (Lipinski definition) is 9. The van der Waals surface area contributed by atoms with Gasteiger partial charge in [-0.1, -0.05) is 0 Å². The second kappa shape index (κ2) is 8.75. The van der Waals surface area contributed by atoms with Crippen molar-refractivity contribution >= 4 is 34.6 Å². The van der Waals surface area contributed by atoms with Gasteiger partial charge in [0.1, 0.15) is 0 Å². The lowest BCUT2D eigenvalue weighted by Gasteiger charge is -2.08. The van der Waals surface area contributed by atoms with Crippen LogP contribution in [0, 0.1) is 0 Å². The summed E-state index contributed by atoms with van der Waals surface area (Å²) < 4.78 is 0. The van der Waals surface area contributed by atoms with Gasteiger partial charge in [0.15, 0.2) is 11.2 Å². The molecule has 12 nitrogen and oxygen atoms in total. The molecule has 0 aliphatic rings. The number of anilines is 2. The van der Waals surface area contributed by atoms with E-state index in [4.69, 9.17) is 11.6 Å². The Balaban J connectivity index is 1.59. The fraction of sp³-hybridized carbons (Fsp3) is 0.176. The summed E-state index contributed by atoms with van der Waals surface area (Å²) >= 11 is 0. The van der Waals surface area contributed by atoms with Crippen molar-refractivity contribution in [3.8, 4) is 0 Å². The summed E-state index contributed by atoms with van der Waals surface area (Å²) in [6, 6.07) is 6.74. The monoisotopic (exact) mass is 397 g/mol. The molecule has 0 bridgehead atoms. The van der Waals surface area contributed by atoms with E-state index in [9.17, 15) is 14.4 Å². The van der Waals surface area contributed by atoms with Gasteiger partial charge in [0.05, 0.1) is 18.4 Å². The molecule has 3 aromatic rings. The highest BCUT2D eigenvalue weighted by atomic mass is 16.2. The minimum Gasteiger partial charge on any atom is -0.379 e. The minimum absolute atomic E-state index is 0.0190. The van der Waals surface area contributed by atoms with Crippen molar-refractivity contribution in [2.45, 2.75) is 13.0 Å². The van der Waals surface area contributed by atoms with E-state index >= 15 is 0 Å². The number of fused-ring (bicyclic) bond motifs is 1. The number of aromatic amines is 1. The SMILES string of the molecule is NNC(=O)CCNC(=O)c1ccc(NCc2cnc3nc(N)[nH]c(=O)c3n2)cc1. The molecule has 0 spiro atoms. The van der Waals surface area contributed by atoms with E-state index in [2.05, 4.69) is 30.6 Å². The quantitative estimate of drug-likeness (QED) is 0.165. The normalized spacial score (nSPS) is 10.5. The fourth-order valence-electron chi connectivity index (χ4n) is 2.45. The van der Waals surface area contributed by atoms with Crippen molar-refractivity contribution in [2.24, 2.45) is 5.84 Å². The molecular weight excluding hydrogens is 378 g/mol. The van der Waals surface area contributed by atoms with E-state index in [-0.39, 0.29) is 41.9 Å². The largest absolute Gasteiger partial charge is 0.379 e. The molecule has 3 rings (SSSR count). The molecule has 12 heteroatoms. The van der Waals surface area contributed by atoms with E-state index in [0.29, 0.717) is 17.8 Å². The molecule has 0 saturated heterocycles. The van der Waals surface area contributed by atoms with Crippen molar-refractivity contribution < 1.29 is 9.59 Å². The molecule has 150 valence electrons. The maximum Gasteiger partial charge on any atom is 0.280 e. The molecule has 0 atom stereocenters. The Labute approximate surface area is 164 Å². The van der Waals surface area contributed by atoms with Crippen molar-refractivity contribution in [3.63, 3.8) is 0 Å². The van der Waals surface area contributed by atoms with Gasteiger partial charge in [-0.25, -0.2) is 15.8 Å². The molecule has 2 amide bonds. The third kappa shape index (κ3) is 5.01. The first kappa shape index (κ1) is 19.7. The summed E-state index contributed by atoms with van der Waals surface area (Å²) in [5, 5.41) is 5.76. The molecule has 0 radical (unpaired) electrons. The van der Waals surface area contributed by atoms with Gasteiger partial charge >= 0.3 is 0 Å². The van der Waals surface area contributed by atoms with Crippen LogP contribution in [0.15, 0.2) is 35.3 Å². The zero-order valence-corrected chi connectivity index (χ0v) is 15.2. The highest BCUT2D eigenvalue weighted by Crippen LogP contribution is 2.11. The standard InChI is InChI=1S/C17H19N9O3/c18-17-24-14-13(16(29)25-17)23-11(8-22-14)7-21-10-3-1-9(2-4-10)15(28)20-6-5-12(27)26-19/h1-4,8,21H,5-7,19H2,(H,20,28)(H,26,27)(H3,18,22,24,25,29). The molecule has 2 heterocycles. The fourth-order valence-corrected chi connectivity index (χ4v) is 2.45. The third-order valence-electron chi connectivity index (χ3n) is 3.91. The number of hydrazine groups is 1. The molecule has 2 aromatic heterocycles. The van der Waals surface area contributed by atoms with Crippen molar-refractivity contribution in [1.29, 1.82) is 0 Å². The van der Waals surface area contributed by atoms with Gasteiger partial charge in [-0.3, -0.25) is 24.8 Å². The van der Waals surface area contributed by atoms with E-state index in [1.807, 2.05) is 5.43 Å². The van der Waals surface area contributed by atoms with Crippen molar-refractivity contribution in [2.75, 3.05) is 17.6 Å². The molecule has 0 aliphatic heterocycles. The second-order valence-corrected chi connectivity index (χ2v) is 5.99. The van der Waals surface area contributed by atoms with Gasteiger partial charge in [0, 0.05) is 24.2 Å². The Morgan fingerprint density at radius 3 is 2.62 bits per heavy atom. The molecular formula is C17H19N9O3. The smallest absolute Gasteiger partial charge is 0.280 e. The van der Waals surface area contributed by atoms with Crippen molar-refractivity contribution in [1.82, 2.24) is 30.7 Å². The zero-order chi connectivity index (χ0) is 20.8. The molecule has 1 aromatic carbocycles. The number of amides is 2. The Morgan fingerprint density at radius 1 is 1.14 bits per heavy atom. The van der Waals surface area contributed by atoms with Gasteiger partial charge in [-0.2, -0.15) is 4.98 Å². The summed E-state index contributed by atoms with van der Waals surface area (Å²) in [6.07, 6.45) is 1.60. The zero-order valence-electron chi connectivity index (χ0n) is 15.2. The van der Waals surface area contributed by atoms with Crippen LogP contribution in [0.4, 0.5) is 11.6 Å². The third-order valence-corrected chi connectivity index (χ3v) is 3.91. The molecule has 29 heavy (non-hydrogen) atoms. The molecule has 0 fully saturated rings. The maximum absolute atomic E-state index is 12.0. The van der Waals surface area contributed by atoms with E-state index in [0.717, 1.165) is 5.69 Å². The molecule has 8 N–H and O–H groups in total. The maximum atomic E-state index is 12.0. The average molecular weight is 397 g/mol. The van der Waals surface area contributed by atoms with Gasteiger partial charge in [-0.15, -0.1) is 0 Å². The lowest BCUT2D eigenvalue weighted by Crippen LogP contribution is -2.34. The van der Waals surface area contributed by atoms with Crippen LogP contribution in [0.2, 0.25) is 0 Å². The van der Waals surface area contributed by atoms with E-state index in [1.165, 1.54) is 6.20 Å². The van der Waals surface area contributed by atoms with Gasteiger partial charge in [0.25, 0.3) is 11.5 Å². The van der Waals surface area contributed by atoms with Crippen LogP contribution in [0.1, 0.15) is 22.5 Å². The van der Waals surface area contributed by atoms with Crippen LogP contribution >= 0.6 is 0 Å². The van der Waals surface area contributed by atoms with E-state index < -0.39 is 5.56 Å². The van der Waals surface area contributed by atoms with Crippen LogP contribution in [-0.4, -0.2) is 38.3 Å². The van der Waals surface area contributed by atoms with Gasteiger partial charge < -0.3 is 16.4 Å². The Bertz CT molecular complexity index is 1100. The average Bonchev–Trinajstić information content (AvgIpc) is 2.72. The van der Waals surface area contributed by atoms with Crippen LogP contribution in [0.5, 0.6) is 0 Å². The van der Waals surface area contributed by atoms with Gasteiger partial charge in [0.2, 0.25) is 11.9 Å². The summed E-state index contributed by atoms with van der Waals surface area (Å²) in [5.74, 6) is 4.30. The number of nitrogen functional groups attached to an aromatic ring is 1. The number of nitrogens with two attached hydrogens (primary N) is 2. The van der Waals surface area contributed by atoms with Crippen LogP contribution in [0.3, 0.4) is 0 Å². The number of rotatable bonds is 7. The Kier molecular flexibility index (Phi) is 5.94. The highest BCUT2D eigenvalue weighted by Gasteiger charge is 2.08. The highest BCUT2D eigenvalue weighted by molar-refractivity contribution is 5.94. The number of aromatic nitrogens is 4. The number of hydrogen-bond donors (Lipinski definition) is 6. The number of H-pyrrole nitrogens is 1. The summed E-state index contributed by atoms with van der Waals surface area (Å²) in [4.78, 5) is 49.6. The lowest BCUT2D eigenvalue weighted by molar-refractivity contribution is -0.121. The minimum atomic E-state index is -0.457.